The summed E-state index contributed by atoms with van der Waals surface area (Å²) in [5.41, 5.74) is 7.79. The van der Waals surface area contributed by atoms with Crippen LogP contribution in [0.5, 0.6) is 0 Å². The first-order valence-corrected chi connectivity index (χ1v) is 8.63. The molecule has 24 heavy (non-hydrogen) atoms. The van der Waals surface area contributed by atoms with Crippen molar-refractivity contribution in [1.29, 1.82) is 0 Å². The van der Waals surface area contributed by atoms with Crippen LogP contribution in [-0.2, 0) is 9.53 Å². The van der Waals surface area contributed by atoms with Gasteiger partial charge < -0.3 is 15.4 Å². The van der Waals surface area contributed by atoms with Crippen LogP contribution >= 0.6 is 0 Å². The molecular formula is C18H26N4O2. The van der Waals surface area contributed by atoms with Crippen molar-refractivity contribution in [3.05, 3.63) is 23.4 Å². The van der Waals surface area contributed by atoms with Crippen LogP contribution in [0.15, 0.2) is 12.2 Å². The summed E-state index contributed by atoms with van der Waals surface area (Å²) in [7, 11) is 0. The molecule has 0 radical (unpaired) electrons. The van der Waals surface area contributed by atoms with E-state index in [0.717, 1.165) is 30.2 Å². The Hall–Kier alpha value is -2.11. The molecule has 3 rings (SSSR count). The van der Waals surface area contributed by atoms with Crippen molar-refractivity contribution in [2.24, 2.45) is 23.7 Å². The number of nitrogens with zero attached hydrogens (tertiary/aromatic N) is 3. The summed E-state index contributed by atoms with van der Waals surface area (Å²) in [4.78, 5) is 23.4. The first kappa shape index (κ1) is 16.7. The van der Waals surface area contributed by atoms with E-state index in [1.165, 1.54) is 0 Å². The third-order valence-electron chi connectivity index (χ3n) is 5.34. The van der Waals surface area contributed by atoms with Gasteiger partial charge in [0.2, 0.25) is 5.95 Å². The number of allylic oxidation sites excluding steroid dienone is 1. The Labute approximate surface area is 143 Å². The first-order chi connectivity index (χ1) is 11.4. The fourth-order valence-corrected chi connectivity index (χ4v) is 4.01. The van der Waals surface area contributed by atoms with Crippen LogP contribution < -0.4 is 10.6 Å². The van der Waals surface area contributed by atoms with E-state index in [9.17, 15) is 4.79 Å². The van der Waals surface area contributed by atoms with E-state index in [0.29, 0.717) is 18.5 Å². The minimum Gasteiger partial charge on any atom is -0.466 e. The molecule has 2 heterocycles. The Morgan fingerprint density at radius 2 is 2.08 bits per heavy atom. The topological polar surface area (TPSA) is 81.3 Å². The van der Waals surface area contributed by atoms with Gasteiger partial charge in [0.15, 0.2) is 0 Å². The van der Waals surface area contributed by atoms with Crippen molar-refractivity contribution in [1.82, 2.24) is 9.97 Å². The molecule has 0 unspecified atom stereocenters. The predicted molar refractivity (Wildman–Crippen MR) is 93.5 cm³/mol. The number of nitrogen functional groups attached to an aromatic ring is 1. The van der Waals surface area contributed by atoms with E-state index in [4.69, 9.17) is 10.5 Å². The average molecular weight is 330 g/mol. The summed E-state index contributed by atoms with van der Waals surface area (Å²) in [5.74, 6) is 1.80. The minimum atomic E-state index is -0.0921. The first-order valence-electron chi connectivity index (χ1n) is 8.63. The number of anilines is 2. The molecule has 6 heteroatoms. The van der Waals surface area contributed by atoms with Crippen molar-refractivity contribution in [2.45, 2.75) is 27.7 Å². The molecule has 0 spiro atoms. The molecule has 6 nitrogen and oxygen atoms in total. The molecule has 2 N–H and O–H groups in total. The number of aromatic nitrogens is 2. The lowest BCUT2D eigenvalue weighted by atomic mass is 9.72. The van der Waals surface area contributed by atoms with Gasteiger partial charge in [0.1, 0.15) is 5.82 Å². The van der Waals surface area contributed by atoms with Gasteiger partial charge in [-0.15, -0.1) is 0 Å². The van der Waals surface area contributed by atoms with Crippen molar-refractivity contribution < 1.29 is 9.53 Å². The van der Waals surface area contributed by atoms with E-state index in [2.05, 4.69) is 33.9 Å². The number of aryl methyl sites for hydroxylation is 1. The van der Waals surface area contributed by atoms with Crippen molar-refractivity contribution in [3.63, 3.8) is 0 Å². The van der Waals surface area contributed by atoms with Crippen molar-refractivity contribution in [3.8, 4) is 0 Å². The summed E-state index contributed by atoms with van der Waals surface area (Å²) in [5, 5.41) is 0. The molecule has 0 amide bonds. The molecule has 0 bridgehead atoms. The smallest absolute Gasteiger partial charge is 0.309 e. The van der Waals surface area contributed by atoms with E-state index < -0.39 is 0 Å². The van der Waals surface area contributed by atoms with Crippen LogP contribution in [0.4, 0.5) is 11.8 Å². The highest BCUT2D eigenvalue weighted by Gasteiger charge is 2.45. The van der Waals surface area contributed by atoms with Gasteiger partial charge in [0.25, 0.3) is 0 Å². The summed E-state index contributed by atoms with van der Waals surface area (Å²) < 4.78 is 5.33. The second-order valence-corrected chi connectivity index (χ2v) is 6.87. The summed E-state index contributed by atoms with van der Waals surface area (Å²) in [6.45, 7) is 9.98. The molecule has 1 fully saturated rings. The average Bonchev–Trinajstić information content (AvgIpc) is 2.94. The number of carbonyl (C=O) groups is 1. The molecule has 2 aliphatic rings. The third kappa shape index (κ3) is 2.85. The molecular weight excluding hydrogens is 304 g/mol. The van der Waals surface area contributed by atoms with Crippen LogP contribution in [0.3, 0.4) is 0 Å². The Kier molecular flexibility index (Phi) is 4.47. The van der Waals surface area contributed by atoms with Gasteiger partial charge >= 0.3 is 5.97 Å². The fraction of sp³-hybridized carbons (Fsp3) is 0.611. The number of fused-ring (bicyclic) bond motifs is 1. The minimum absolute atomic E-state index is 0.0821. The lowest BCUT2D eigenvalue weighted by Crippen LogP contribution is -2.37. The van der Waals surface area contributed by atoms with Gasteiger partial charge in [-0.3, -0.25) is 4.79 Å². The highest BCUT2D eigenvalue weighted by Crippen LogP contribution is 2.41. The number of hydrogen-bond donors (Lipinski definition) is 1. The maximum Gasteiger partial charge on any atom is 0.309 e. The van der Waals surface area contributed by atoms with Crippen LogP contribution in [0.1, 0.15) is 25.1 Å². The molecule has 1 aliphatic heterocycles. The number of ether oxygens (including phenoxy) is 1. The van der Waals surface area contributed by atoms with Crippen LogP contribution in [0.25, 0.3) is 0 Å². The third-order valence-corrected chi connectivity index (χ3v) is 5.34. The van der Waals surface area contributed by atoms with Gasteiger partial charge in [-0.25, -0.2) is 4.98 Å². The number of carbonyl (C=O) groups excluding carboxylic acids is 1. The molecule has 0 saturated carbocycles. The van der Waals surface area contributed by atoms with E-state index in [1.54, 1.807) is 0 Å². The maximum atomic E-state index is 12.4. The lowest BCUT2D eigenvalue weighted by molar-refractivity contribution is -0.151. The zero-order chi connectivity index (χ0) is 17.4. The molecule has 1 aliphatic carbocycles. The molecule has 0 aromatic carbocycles. The number of esters is 1. The van der Waals surface area contributed by atoms with E-state index >= 15 is 0 Å². The maximum absolute atomic E-state index is 12.4. The van der Waals surface area contributed by atoms with Gasteiger partial charge in [-0.2, -0.15) is 4.98 Å². The lowest BCUT2D eigenvalue weighted by Gasteiger charge is -2.32. The fourth-order valence-electron chi connectivity index (χ4n) is 4.01. The predicted octanol–water partition coefficient (Wildman–Crippen LogP) is 2.11. The molecule has 1 aromatic heterocycles. The van der Waals surface area contributed by atoms with Crippen LogP contribution in [-0.4, -0.2) is 35.6 Å². The monoisotopic (exact) mass is 330 g/mol. The molecule has 1 saturated heterocycles. The van der Waals surface area contributed by atoms with Gasteiger partial charge in [0.05, 0.1) is 12.5 Å². The summed E-state index contributed by atoms with van der Waals surface area (Å²) in [6, 6.07) is 0. The van der Waals surface area contributed by atoms with Gasteiger partial charge in [0, 0.05) is 24.3 Å². The normalized spacial score (nSPS) is 28.8. The van der Waals surface area contributed by atoms with Gasteiger partial charge in [-0.05, 0) is 38.5 Å². The second kappa shape index (κ2) is 6.42. The zero-order valence-electron chi connectivity index (χ0n) is 14.8. The summed E-state index contributed by atoms with van der Waals surface area (Å²) >= 11 is 0. The van der Waals surface area contributed by atoms with Gasteiger partial charge in [-0.1, -0.05) is 19.1 Å². The van der Waals surface area contributed by atoms with Crippen molar-refractivity contribution in [2.75, 3.05) is 30.3 Å². The van der Waals surface area contributed by atoms with Crippen LogP contribution in [0.2, 0.25) is 0 Å². The van der Waals surface area contributed by atoms with Crippen LogP contribution in [0, 0.1) is 37.5 Å². The molecule has 1 aromatic rings. The molecule has 4 atom stereocenters. The Morgan fingerprint density at radius 3 is 2.79 bits per heavy atom. The number of hydrogen-bond acceptors (Lipinski definition) is 6. The standard InChI is InChI=1S/C18H26N4O2/c1-5-24-17(23)15-10(2)6-7-13-8-22(9-14(13)15)16-11(3)12(4)20-18(19)21-16/h6-7,10,13-15H,5,8-9H2,1-4H3,(H2,19,20,21)/t10-,13-,14-,15-/m0/s1. The van der Waals surface area contributed by atoms with Crippen molar-refractivity contribution >= 4 is 17.7 Å². The Bertz CT molecular complexity index is 673. The van der Waals surface area contributed by atoms with E-state index in [1.807, 2.05) is 20.8 Å². The number of rotatable bonds is 3. The highest BCUT2D eigenvalue weighted by molar-refractivity contribution is 5.74. The SMILES string of the molecule is CCOC(=O)[C@@H]1[C@H]2CN(c3nc(N)nc(C)c3C)C[C@@H]2C=C[C@@H]1C. The second-order valence-electron chi connectivity index (χ2n) is 6.87. The Balaban J connectivity index is 1.88. The number of nitrogens with two attached hydrogens (primary N) is 1. The molecule has 130 valence electrons. The highest BCUT2D eigenvalue weighted by atomic mass is 16.5. The quantitative estimate of drug-likeness (QED) is 0.675. The summed E-state index contributed by atoms with van der Waals surface area (Å²) in [6.07, 6.45) is 4.40. The Morgan fingerprint density at radius 1 is 1.33 bits per heavy atom. The van der Waals surface area contributed by atoms with E-state index in [-0.39, 0.29) is 23.7 Å². The largest absolute Gasteiger partial charge is 0.466 e. The zero-order valence-corrected chi connectivity index (χ0v) is 14.8.